The summed E-state index contributed by atoms with van der Waals surface area (Å²) in [4.78, 5) is 27.7. The molecule has 2 heterocycles. The lowest BCUT2D eigenvalue weighted by atomic mass is 10.0. The predicted molar refractivity (Wildman–Crippen MR) is 128 cm³/mol. The average Bonchev–Trinajstić information content (AvgIpc) is 3.14. The summed E-state index contributed by atoms with van der Waals surface area (Å²) in [5.41, 5.74) is 3.69. The molecule has 5 rings (SSSR count). The van der Waals surface area contributed by atoms with Gasteiger partial charge in [-0.25, -0.2) is 8.42 Å². The van der Waals surface area contributed by atoms with E-state index in [1.165, 1.54) is 9.80 Å². The van der Waals surface area contributed by atoms with Gasteiger partial charge in [0.25, 0.3) is 10.8 Å². The van der Waals surface area contributed by atoms with E-state index in [-0.39, 0.29) is 12.1 Å². The van der Waals surface area contributed by atoms with Crippen molar-refractivity contribution in [3.63, 3.8) is 0 Å². The van der Waals surface area contributed by atoms with Crippen LogP contribution >= 0.6 is 11.6 Å². The highest BCUT2D eigenvalue weighted by Crippen LogP contribution is 2.53. The first-order valence-corrected chi connectivity index (χ1v) is 12.5. The molecule has 1 spiro atoms. The highest BCUT2D eigenvalue weighted by atomic mass is 35.5. The van der Waals surface area contributed by atoms with Gasteiger partial charge in [-0.2, -0.15) is 0 Å². The van der Waals surface area contributed by atoms with E-state index in [9.17, 15) is 18.0 Å². The number of para-hydroxylation sites is 1. The lowest BCUT2D eigenvalue weighted by Crippen LogP contribution is -2.54. The summed E-state index contributed by atoms with van der Waals surface area (Å²) in [7, 11) is -4.20. The molecule has 8 heteroatoms. The third-order valence-corrected chi connectivity index (χ3v) is 8.93. The fourth-order valence-corrected chi connectivity index (χ4v) is 6.94. The molecular weight excluding hydrogens is 460 g/mol. The lowest BCUT2D eigenvalue weighted by molar-refractivity contribution is -0.123. The van der Waals surface area contributed by atoms with E-state index in [0.29, 0.717) is 22.0 Å². The molecule has 0 radical (unpaired) electrons. The van der Waals surface area contributed by atoms with Gasteiger partial charge < -0.3 is 4.90 Å². The van der Waals surface area contributed by atoms with Crippen molar-refractivity contribution in [1.82, 2.24) is 0 Å². The summed E-state index contributed by atoms with van der Waals surface area (Å²) in [6.45, 7) is 3.90. The number of rotatable bonds is 3. The number of fused-ring (bicyclic) bond motifs is 2. The van der Waals surface area contributed by atoms with Crippen LogP contribution in [0, 0.1) is 13.8 Å². The molecule has 2 aliphatic heterocycles. The van der Waals surface area contributed by atoms with Gasteiger partial charge in [0.15, 0.2) is 9.84 Å². The van der Waals surface area contributed by atoms with Gasteiger partial charge in [-0.3, -0.25) is 14.5 Å². The molecule has 0 aliphatic carbocycles. The third-order valence-electron chi connectivity index (χ3n) is 6.46. The Hall–Kier alpha value is -3.16. The second-order valence-electron chi connectivity index (χ2n) is 8.40. The number of carbonyl (C=O) groups excluding carboxylic acids is 2. The molecule has 2 amide bonds. The van der Waals surface area contributed by atoms with Crippen molar-refractivity contribution >= 4 is 44.6 Å². The Balaban J connectivity index is 1.75. The average molecular weight is 481 g/mol. The number of hydrogen-bond acceptors (Lipinski definition) is 4. The van der Waals surface area contributed by atoms with Gasteiger partial charge in [-0.15, -0.1) is 0 Å². The van der Waals surface area contributed by atoms with E-state index in [4.69, 9.17) is 11.6 Å². The van der Waals surface area contributed by atoms with Crippen molar-refractivity contribution in [2.24, 2.45) is 0 Å². The quantitative estimate of drug-likeness (QED) is 0.565. The number of nitrogens with zero attached hydrogens (tertiary/aromatic N) is 2. The third kappa shape index (κ3) is 2.96. The summed E-state index contributed by atoms with van der Waals surface area (Å²) >= 11 is 6.34. The molecular formula is C25H21ClN2O4S. The minimum Gasteiger partial charge on any atom is -0.304 e. The predicted octanol–water partition coefficient (Wildman–Crippen LogP) is 4.12. The summed E-state index contributed by atoms with van der Waals surface area (Å²) < 4.78 is 27.3. The Labute approximate surface area is 197 Å². The molecule has 2 aliphatic rings. The fraction of sp³-hybridized carbons (Fsp3) is 0.200. The number of carbonyl (C=O) groups is 2. The monoisotopic (exact) mass is 480 g/mol. The topological polar surface area (TPSA) is 74.8 Å². The maximum Gasteiger partial charge on any atom is 0.274 e. The molecule has 0 aromatic heterocycles. The van der Waals surface area contributed by atoms with E-state index >= 15 is 0 Å². The molecule has 1 atom stereocenters. The fourth-order valence-electron chi connectivity index (χ4n) is 4.71. The lowest BCUT2D eigenvalue weighted by Gasteiger charge is -2.33. The van der Waals surface area contributed by atoms with Crippen LogP contribution in [0.5, 0.6) is 0 Å². The first-order chi connectivity index (χ1) is 15.7. The second kappa shape index (κ2) is 7.43. The molecule has 0 saturated carbocycles. The van der Waals surface area contributed by atoms with Crippen molar-refractivity contribution in [2.45, 2.75) is 25.3 Å². The zero-order chi connectivity index (χ0) is 23.5. The van der Waals surface area contributed by atoms with Crippen LogP contribution in [0.25, 0.3) is 0 Å². The van der Waals surface area contributed by atoms with Crippen LogP contribution in [-0.4, -0.2) is 26.0 Å². The molecule has 0 N–H and O–H groups in total. The zero-order valence-corrected chi connectivity index (χ0v) is 19.7. The first kappa shape index (κ1) is 21.7. The standard InChI is InChI=1S/C25H21ClN2O4S/c1-16-11-12-19(13-17(16)2)28-23(29)15-33(31,32)25(28)20-8-4-6-10-22(20)27(24(25)30)14-18-7-3-5-9-21(18)26/h3-13H,14-15H2,1-2H3. The van der Waals surface area contributed by atoms with Crippen LogP contribution in [0.2, 0.25) is 5.02 Å². The maximum absolute atomic E-state index is 14.1. The summed E-state index contributed by atoms with van der Waals surface area (Å²) in [6.07, 6.45) is 0. The van der Waals surface area contributed by atoms with E-state index < -0.39 is 32.3 Å². The molecule has 3 aromatic rings. The molecule has 1 fully saturated rings. The maximum atomic E-state index is 14.1. The van der Waals surface area contributed by atoms with Crippen LogP contribution in [-0.2, 0) is 30.8 Å². The van der Waals surface area contributed by atoms with Crippen LogP contribution < -0.4 is 9.80 Å². The smallest absolute Gasteiger partial charge is 0.274 e. The van der Waals surface area contributed by atoms with Gasteiger partial charge in [0.05, 0.1) is 12.2 Å². The second-order valence-corrected chi connectivity index (χ2v) is 10.9. The van der Waals surface area contributed by atoms with E-state index in [1.807, 2.05) is 19.9 Å². The van der Waals surface area contributed by atoms with Gasteiger partial charge in [-0.1, -0.05) is 54.1 Å². The normalized spacial score (nSPS) is 21.2. The number of anilines is 2. The molecule has 6 nitrogen and oxygen atoms in total. The van der Waals surface area contributed by atoms with Crippen LogP contribution in [0.1, 0.15) is 22.3 Å². The minimum atomic E-state index is -4.20. The zero-order valence-electron chi connectivity index (χ0n) is 18.1. The van der Waals surface area contributed by atoms with Gasteiger partial charge in [-0.05, 0) is 54.8 Å². The molecule has 33 heavy (non-hydrogen) atoms. The minimum absolute atomic E-state index is 0.0851. The number of hydrogen-bond donors (Lipinski definition) is 0. The molecule has 0 bridgehead atoms. The first-order valence-electron chi connectivity index (χ1n) is 10.5. The van der Waals surface area contributed by atoms with Crippen LogP contribution in [0.3, 0.4) is 0 Å². The Kier molecular flexibility index (Phi) is 4.88. The Morgan fingerprint density at radius 3 is 2.36 bits per heavy atom. The Morgan fingerprint density at radius 1 is 0.939 bits per heavy atom. The largest absolute Gasteiger partial charge is 0.304 e. The number of aryl methyl sites for hydroxylation is 2. The van der Waals surface area contributed by atoms with Gasteiger partial charge in [0.1, 0.15) is 5.75 Å². The summed E-state index contributed by atoms with van der Waals surface area (Å²) in [5, 5.41) is 0.472. The molecule has 3 aromatic carbocycles. The summed E-state index contributed by atoms with van der Waals surface area (Å²) in [6, 6.07) is 19.1. The van der Waals surface area contributed by atoms with E-state index in [2.05, 4.69) is 0 Å². The van der Waals surface area contributed by atoms with Crippen LogP contribution in [0.15, 0.2) is 66.7 Å². The molecule has 1 unspecified atom stereocenters. The SMILES string of the molecule is Cc1ccc(N2C(=O)CS(=O)(=O)C23C(=O)N(Cc2ccccc2Cl)c2ccccc23)cc1C. The highest BCUT2D eigenvalue weighted by Gasteiger charge is 2.69. The highest BCUT2D eigenvalue weighted by molar-refractivity contribution is 7.94. The number of benzene rings is 3. The molecule has 168 valence electrons. The number of amides is 2. The van der Waals surface area contributed by atoms with Gasteiger partial charge in [0.2, 0.25) is 5.91 Å². The van der Waals surface area contributed by atoms with Crippen molar-refractivity contribution in [1.29, 1.82) is 0 Å². The number of halogens is 1. The van der Waals surface area contributed by atoms with E-state index in [1.54, 1.807) is 60.7 Å². The van der Waals surface area contributed by atoms with Gasteiger partial charge in [0, 0.05) is 16.3 Å². The Morgan fingerprint density at radius 2 is 1.64 bits per heavy atom. The van der Waals surface area contributed by atoms with Crippen molar-refractivity contribution in [3.05, 3.63) is 94.0 Å². The van der Waals surface area contributed by atoms with Crippen LogP contribution in [0.4, 0.5) is 11.4 Å². The van der Waals surface area contributed by atoms with E-state index in [0.717, 1.165) is 11.1 Å². The summed E-state index contributed by atoms with van der Waals surface area (Å²) in [5.74, 6) is -2.03. The number of sulfone groups is 1. The van der Waals surface area contributed by atoms with Crippen molar-refractivity contribution in [2.75, 3.05) is 15.6 Å². The van der Waals surface area contributed by atoms with Crippen molar-refractivity contribution < 1.29 is 18.0 Å². The van der Waals surface area contributed by atoms with Crippen molar-refractivity contribution in [3.8, 4) is 0 Å². The Bertz CT molecular complexity index is 1440. The van der Waals surface area contributed by atoms with Gasteiger partial charge >= 0.3 is 0 Å². The molecule has 1 saturated heterocycles.